The summed E-state index contributed by atoms with van der Waals surface area (Å²) in [7, 11) is 0. The van der Waals surface area contributed by atoms with E-state index in [4.69, 9.17) is 11.6 Å². The fraction of sp³-hybridized carbons (Fsp3) is 0.353. The van der Waals surface area contributed by atoms with Crippen LogP contribution in [0.1, 0.15) is 17.4 Å². The maximum absolute atomic E-state index is 13.2. The Morgan fingerprint density at radius 1 is 1.28 bits per heavy atom. The molecule has 3 rings (SSSR count). The monoisotopic (exact) mass is 363 g/mol. The summed E-state index contributed by atoms with van der Waals surface area (Å²) in [6.07, 6.45) is 1.52. The zero-order chi connectivity index (χ0) is 17.8. The summed E-state index contributed by atoms with van der Waals surface area (Å²) < 4.78 is 13.2. The van der Waals surface area contributed by atoms with E-state index in [-0.39, 0.29) is 16.9 Å². The van der Waals surface area contributed by atoms with E-state index in [1.807, 2.05) is 0 Å². The second-order valence-electron chi connectivity index (χ2n) is 5.75. The summed E-state index contributed by atoms with van der Waals surface area (Å²) in [5.74, 6) is -0.345. The van der Waals surface area contributed by atoms with Crippen molar-refractivity contribution in [3.05, 3.63) is 47.0 Å². The number of halogens is 2. The zero-order valence-corrected chi connectivity index (χ0v) is 14.6. The van der Waals surface area contributed by atoms with Crippen LogP contribution in [0.3, 0.4) is 0 Å². The highest BCUT2D eigenvalue weighted by molar-refractivity contribution is 6.31. The molecule has 1 fully saturated rings. The first-order valence-electron chi connectivity index (χ1n) is 8.13. The van der Waals surface area contributed by atoms with Gasteiger partial charge in [0.25, 0.3) is 5.91 Å². The number of likely N-dealkylation sites (N-methyl/N-ethyl adjacent to an activating group) is 1. The number of rotatable bonds is 4. The van der Waals surface area contributed by atoms with Gasteiger partial charge in [-0.05, 0) is 30.8 Å². The van der Waals surface area contributed by atoms with Crippen molar-refractivity contribution in [2.75, 3.05) is 38.0 Å². The van der Waals surface area contributed by atoms with E-state index < -0.39 is 5.82 Å². The van der Waals surface area contributed by atoms with Gasteiger partial charge in [0.2, 0.25) is 5.95 Å². The lowest BCUT2D eigenvalue weighted by molar-refractivity contribution is 0.0637. The topological polar surface area (TPSA) is 61.4 Å². The van der Waals surface area contributed by atoms with Crippen molar-refractivity contribution < 1.29 is 9.18 Å². The third-order valence-electron chi connectivity index (χ3n) is 4.16. The van der Waals surface area contributed by atoms with Gasteiger partial charge in [0.15, 0.2) is 0 Å². The normalized spacial score (nSPS) is 15.2. The SMILES string of the molecule is CCN1CCN(C(=O)c2ccnc(Nc3ccc(F)c(Cl)c3)n2)CC1. The number of carbonyl (C=O) groups excluding carboxylic acids is 1. The molecule has 0 saturated carbocycles. The minimum atomic E-state index is -0.497. The molecule has 0 atom stereocenters. The Hall–Kier alpha value is -2.25. The lowest BCUT2D eigenvalue weighted by atomic mass is 10.2. The number of aromatic nitrogens is 2. The standard InChI is InChI=1S/C17H19ClFN5O/c1-2-23-7-9-24(10-8-23)16(25)15-5-6-20-17(22-15)21-12-3-4-14(19)13(18)11-12/h3-6,11H,2,7-10H2,1H3,(H,20,21,22). The van der Waals surface area contributed by atoms with Gasteiger partial charge >= 0.3 is 0 Å². The summed E-state index contributed by atoms with van der Waals surface area (Å²) in [6.45, 7) is 6.21. The molecular formula is C17H19ClFN5O. The molecule has 0 radical (unpaired) electrons. The number of nitrogens with zero attached hydrogens (tertiary/aromatic N) is 4. The molecule has 25 heavy (non-hydrogen) atoms. The Bertz CT molecular complexity index is 764. The highest BCUT2D eigenvalue weighted by atomic mass is 35.5. The minimum Gasteiger partial charge on any atom is -0.335 e. The number of hydrogen-bond donors (Lipinski definition) is 1. The molecule has 0 spiro atoms. The fourth-order valence-electron chi connectivity index (χ4n) is 2.67. The van der Waals surface area contributed by atoms with Crippen molar-refractivity contribution in [2.24, 2.45) is 0 Å². The predicted octanol–water partition coefficient (Wildman–Crippen LogP) is 2.79. The molecule has 1 amide bonds. The predicted molar refractivity (Wildman–Crippen MR) is 94.7 cm³/mol. The summed E-state index contributed by atoms with van der Waals surface area (Å²) in [6, 6.07) is 5.83. The number of carbonyl (C=O) groups is 1. The molecule has 1 aromatic carbocycles. The Balaban J connectivity index is 1.70. The van der Waals surface area contributed by atoms with Crippen LogP contribution in [0.25, 0.3) is 0 Å². The molecule has 1 aliphatic heterocycles. The van der Waals surface area contributed by atoms with Gasteiger partial charge in [0.1, 0.15) is 11.5 Å². The van der Waals surface area contributed by atoms with Crippen molar-refractivity contribution in [1.82, 2.24) is 19.8 Å². The molecule has 2 aromatic rings. The van der Waals surface area contributed by atoms with E-state index in [2.05, 4.69) is 27.1 Å². The van der Waals surface area contributed by atoms with Gasteiger partial charge in [0.05, 0.1) is 5.02 Å². The van der Waals surface area contributed by atoms with Gasteiger partial charge in [0, 0.05) is 38.1 Å². The third kappa shape index (κ3) is 4.24. The van der Waals surface area contributed by atoms with Crippen molar-refractivity contribution in [2.45, 2.75) is 6.92 Å². The van der Waals surface area contributed by atoms with Crippen LogP contribution in [-0.4, -0.2) is 58.4 Å². The summed E-state index contributed by atoms with van der Waals surface area (Å²) in [5.41, 5.74) is 0.878. The molecule has 0 unspecified atom stereocenters. The molecule has 0 aliphatic carbocycles. The quantitative estimate of drug-likeness (QED) is 0.905. The smallest absolute Gasteiger partial charge is 0.272 e. The number of piperazine rings is 1. The van der Waals surface area contributed by atoms with Gasteiger partial charge in [-0.2, -0.15) is 0 Å². The van der Waals surface area contributed by atoms with E-state index in [0.717, 1.165) is 19.6 Å². The van der Waals surface area contributed by atoms with Crippen LogP contribution in [-0.2, 0) is 0 Å². The molecule has 0 bridgehead atoms. The Kier molecular flexibility index (Phi) is 5.45. The number of amides is 1. The van der Waals surface area contributed by atoms with E-state index in [9.17, 15) is 9.18 Å². The zero-order valence-electron chi connectivity index (χ0n) is 13.9. The van der Waals surface area contributed by atoms with Crippen molar-refractivity contribution in [3.8, 4) is 0 Å². The van der Waals surface area contributed by atoms with Crippen LogP contribution in [0.15, 0.2) is 30.5 Å². The maximum Gasteiger partial charge on any atom is 0.272 e. The molecular weight excluding hydrogens is 345 g/mol. The van der Waals surface area contributed by atoms with Crippen LogP contribution in [0.5, 0.6) is 0 Å². The summed E-state index contributed by atoms with van der Waals surface area (Å²) in [5, 5.41) is 2.94. The van der Waals surface area contributed by atoms with E-state index in [1.54, 1.807) is 11.0 Å². The molecule has 132 valence electrons. The largest absolute Gasteiger partial charge is 0.335 e. The number of benzene rings is 1. The lowest BCUT2D eigenvalue weighted by Crippen LogP contribution is -2.48. The van der Waals surface area contributed by atoms with Crippen LogP contribution >= 0.6 is 11.6 Å². The average molecular weight is 364 g/mol. The minimum absolute atomic E-state index is 0.00558. The number of hydrogen-bond acceptors (Lipinski definition) is 5. The molecule has 1 saturated heterocycles. The number of anilines is 2. The first-order chi connectivity index (χ1) is 12.1. The second-order valence-corrected chi connectivity index (χ2v) is 6.15. The molecule has 1 aromatic heterocycles. The molecule has 8 heteroatoms. The van der Waals surface area contributed by atoms with Gasteiger partial charge in [-0.3, -0.25) is 4.79 Å². The average Bonchev–Trinajstić information content (AvgIpc) is 2.64. The van der Waals surface area contributed by atoms with Gasteiger partial charge in [-0.25, -0.2) is 14.4 Å². The van der Waals surface area contributed by atoms with Gasteiger partial charge in [-0.1, -0.05) is 18.5 Å². The first kappa shape index (κ1) is 17.6. The Morgan fingerprint density at radius 3 is 2.72 bits per heavy atom. The van der Waals surface area contributed by atoms with Crippen LogP contribution in [0.2, 0.25) is 5.02 Å². The van der Waals surface area contributed by atoms with Gasteiger partial charge in [-0.15, -0.1) is 0 Å². The highest BCUT2D eigenvalue weighted by Crippen LogP contribution is 2.21. The maximum atomic E-state index is 13.2. The lowest BCUT2D eigenvalue weighted by Gasteiger charge is -2.33. The second kappa shape index (κ2) is 7.76. The van der Waals surface area contributed by atoms with Crippen LogP contribution in [0, 0.1) is 5.82 Å². The van der Waals surface area contributed by atoms with Crippen LogP contribution < -0.4 is 5.32 Å². The molecule has 1 aliphatic rings. The molecule has 1 N–H and O–H groups in total. The first-order valence-corrected chi connectivity index (χ1v) is 8.51. The highest BCUT2D eigenvalue weighted by Gasteiger charge is 2.22. The fourth-order valence-corrected chi connectivity index (χ4v) is 2.85. The van der Waals surface area contributed by atoms with Gasteiger partial charge < -0.3 is 15.1 Å². The van der Waals surface area contributed by atoms with E-state index >= 15 is 0 Å². The van der Waals surface area contributed by atoms with Crippen molar-refractivity contribution in [1.29, 1.82) is 0 Å². The molecule has 2 heterocycles. The van der Waals surface area contributed by atoms with Crippen LogP contribution in [0.4, 0.5) is 16.0 Å². The van der Waals surface area contributed by atoms with E-state index in [0.29, 0.717) is 24.5 Å². The summed E-state index contributed by atoms with van der Waals surface area (Å²) in [4.78, 5) is 25.1. The Morgan fingerprint density at radius 2 is 2.04 bits per heavy atom. The Labute approximate surface area is 150 Å². The molecule has 6 nitrogen and oxygen atoms in total. The summed E-state index contributed by atoms with van der Waals surface area (Å²) >= 11 is 5.77. The van der Waals surface area contributed by atoms with Crippen molar-refractivity contribution in [3.63, 3.8) is 0 Å². The number of nitrogens with one attached hydrogen (secondary N) is 1. The third-order valence-corrected chi connectivity index (χ3v) is 4.45. The van der Waals surface area contributed by atoms with Crippen molar-refractivity contribution >= 4 is 29.1 Å². The van der Waals surface area contributed by atoms with E-state index in [1.165, 1.54) is 24.4 Å².